The monoisotopic (exact) mass is 176 g/mol. The van der Waals surface area contributed by atoms with Gasteiger partial charge in [0.1, 0.15) is 0 Å². The molecule has 1 rings (SSSR count). The summed E-state index contributed by atoms with van der Waals surface area (Å²) in [4.78, 5) is 0. The predicted octanol–water partition coefficient (Wildman–Crippen LogP) is 2.58. The Morgan fingerprint density at radius 1 is 1.25 bits per heavy atom. The van der Waals surface area contributed by atoms with Crippen molar-refractivity contribution in [3.8, 4) is 11.8 Å². The Labute approximate surface area is 79.4 Å². The van der Waals surface area contributed by atoms with Crippen LogP contribution in [0.5, 0.6) is 0 Å². The summed E-state index contributed by atoms with van der Waals surface area (Å²) >= 11 is 4.02. The molecule has 12 heavy (non-hydrogen) atoms. The molecular weight excluding hydrogens is 164 g/mol. The van der Waals surface area contributed by atoms with Gasteiger partial charge in [-0.3, -0.25) is 0 Å². The van der Waals surface area contributed by atoms with Crippen molar-refractivity contribution >= 4 is 12.6 Å². The average Bonchev–Trinajstić information content (AvgIpc) is 2.07. The Bertz CT molecular complexity index is 329. The molecule has 1 heteroatoms. The lowest BCUT2D eigenvalue weighted by Gasteiger charge is -1.98. The summed E-state index contributed by atoms with van der Waals surface area (Å²) < 4.78 is 0. The smallest absolute Gasteiger partial charge is 0.0521 e. The van der Waals surface area contributed by atoms with E-state index < -0.39 is 0 Å². The van der Waals surface area contributed by atoms with Gasteiger partial charge in [0.2, 0.25) is 0 Å². The lowest BCUT2D eigenvalue weighted by molar-refractivity contribution is 1.33. The second-order valence-corrected chi connectivity index (χ2v) is 3.08. The fourth-order valence-electron chi connectivity index (χ4n) is 0.961. The van der Waals surface area contributed by atoms with Gasteiger partial charge in [0.15, 0.2) is 0 Å². The first-order valence-electron chi connectivity index (χ1n) is 3.91. The molecule has 0 unspecified atom stereocenters. The van der Waals surface area contributed by atoms with E-state index in [4.69, 9.17) is 0 Å². The summed E-state index contributed by atoms with van der Waals surface area (Å²) in [5.74, 6) is 6.58. The molecule has 0 aliphatic carbocycles. The van der Waals surface area contributed by atoms with Crippen LogP contribution in [0.3, 0.4) is 0 Å². The molecule has 0 saturated carbocycles. The van der Waals surface area contributed by atoms with Crippen molar-refractivity contribution in [1.29, 1.82) is 0 Å². The minimum atomic E-state index is 0.618. The normalized spacial score (nSPS) is 8.92. The van der Waals surface area contributed by atoms with Crippen LogP contribution in [-0.2, 0) is 0 Å². The number of aryl methyl sites for hydroxylation is 2. The first kappa shape index (κ1) is 9.22. The van der Waals surface area contributed by atoms with E-state index in [-0.39, 0.29) is 0 Å². The molecule has 0 saturated heterocycles. The second-order valence-electron chi connectivity index (χ2n) is 2.76. The number of benzene rings is 1. The topological polar surface area (TPSA) is 0 Å². The zero-order chi connectivity index (χ0) is 8.97. The fourth-order valence-corrected chi connectivity index (χ4v) is 1.04. The van der Waals surface area contributed by atoms with Crippen LogP contribution in [-0.4, -0.2) is 5.75 Å². The van der Waals surface area contributed by atoms with Crippen LogP contribution in [0.25, 0.3) is 0 Å². The summed E-state index contributed by atoms with van der Waals surface area (Å²) in [6.45, 7) is 4.20. The van der Waals surface area contributed by atoms with Crippen molar-refractivity contribution in [1.82, 2.24) is 0 Å². The Morgan fingerprint density at radius 2 is 2.00 bits per heavy atom. The van der Waals surface area contributed by atoms with Crippen LogP contribution in [0.1, 0.15) is 16.7 Å². The van der Waals surface area contributed by atoms with Gasteiger partial charge in [0, 0.05) is 5.56 Å². The van der Waals surface area contributed by atoms with Crippen molar-refractivity contribution < 1.29 is 0 Å². The molecule has 0 fully saturated rings. The third-order valence-corrected chi connectivity index (χ3v) is 1.98. The van der Waals surface area contributed by atoms with Gasteiger partial charge in [-0.15, -0.1) is 0 Å². The highest BCUT2D eigenvalue weighted by atomic mass is 32.1. The van der Waals surface area contributed by atoms with E-state index in [0.29, 0.717) is 5.75 Å². The molecule has 62 valence electrons. The van der Waals surface area contributed by atoms with Gasteiger partial charge in [-0.1, -0.05) is 17.9 Å². The van der Waals surface area contributed by atoms with Gasteiger partial charge >= 0.3 is 0 Å². The minimum Gasteiger partial charge on any atom is -0.166 e. The highest BCUT2D eigenvalue weighted by Gasteiger charge is 1.91. The molecular formula is C11H12S. The second kappa shape index (κ2) is 4.23. The molecule has 0 amide bonds. The van der Waals surface area contributed by atoms with Gasteiger partial charge in [-0.25, -0.2) is 0 Å². The summed E-state index contributed by atoms with van der Waals surface area (Å²) in [6, 6.07) is 6.24. The highest BCUT2D eigenvalue weighted by molar-refractivity contribution is 7.80. The first-order chi connectivity index (χ1) is 5.74. The van der Waals surface area contributed by atoms with E-state index in [1.807, 2.05) is 6.07 Å². The standard InChI is InChI=1S/C11H12S/c1-9-5-6-11(4-3-7-12)8-10(9)2/h5-6,8,12H,7H2,1-2H3. The van der Waals surface area contributed by atoms with E-state index in [1.165, 1.54) is 11.1 Å². The van der Waals surface area contributed by atoms with Crippen LogP contribution >= 0.6 is 12.6 Å². The van der Waals surface area contributed by atoms with Crippen molar-refractivity contribution in [2.24, 2.45) is 0 Å². The quantitative estimate of drug-likeness (QED) is 0.456. The van der Waals surface area contributed by atoms with Crippen LogP contribution < -0.4 is 0 Å². The molecule has 0 heterocycles. The van der Waals surface area contributed by atoms with Crippen molar-refractivity contribution in [2.75, 3.05) is 5.75 Å². The molecule has 0 bridgehead atoms. The van der Waals surface area contributed by atoms with Gasteiger partial charge in [-0.2, -0.15) is 12.6 Å². The van der Waals surface area contributed by atoms with E-state index in [0.717, 1.165) is 5.56 Å². The summed E-state index contributed by atoms with van der Waals surface area (Å²) in [6.07, 6.45) is 0. The summed E-state index contributed by atoms with van der Waals surface area (Å²) in [7, 11) is 0. The zero-order valence-electron chi connectivity index (χ0n) is 7.39. The van der Waals surface area contributed by atoms with Gasteiger partial charge < -0.3 is 0 Å². The van der Waals surface area contributed by atoms with Gasteiger partial charge in [0.05, 0.1) is 5.75 Å². The molecule has 0 atom stereocenters. The number of rotatable bonds is 0. The van der Waals surface area contributed by atoms with E-state index in [9.17, 15) is 0 Å². The third-order valence-electron chi connectivity index (χ3n) is 1.82. The van der Waals surface area contributed by atoms with Crippen molar-refractivity contribution in [3.63, 3.8) is 0 Å². The van der Waals surface area contributed by atoms with Crippen LogP contribution in [0, 0.1) is 25.7 Å². The number of thiol groups is 1. The third kappa shape index (κ3) is 2.32. The van der Waals surface area contributed by atoms with Crippen LogP contribution in [0.4, 0.5) is 0 Å². The van der Waals surface area contributed by atoms with Gasteiger partial charge in [0.25, 0.3) is 0 Å². The highest BCUT2D eigenvalue weighted by Crippen LogP contribution is 2.08. The van der Waals surface area contributed by atoms with E-state index >= 15 is 0 Å². The fraction of sp³-hybridized carbons (Fsp3) is 0.273. The maximum absolute atomic E-state index is 4.02. The van der Waals surface area contributed by atoms with E-state index in [2.05, 4.69) is 50.4 Å². The number of hydrogen-bond donors (Lipinski definition) is 1. The SMILES string of the molecule is Cc1ccc(C#CCS)cc1C. The molecule has 1 aromatic carbocycles. The maximum atomic E-state index is 4.02. The average molecular weight is 176 g/mol. The molecule has 0 aliphatic rings. The van der Waals surface area contributed by atoms with Crippen LogP contribution in [0.15, 0.2) is 18.2 Å². The minimum absolute atomic E-state index is 0.618. The van der Waals surface area contributed by atoms with Crippen molar-refractivity contribution in [2.45, 2.75) is 13.8 Å². The molecule has 0 N–H and O–H groups in total. The van der Waals surface area contributed by atoms with Gasteiger partial charge in [-0.05, 0) is 37.1 Å². The Kier molecular flexibility index (Phi) is 3.25. The maximum Gasteiger partial charge on any atom is 0.0521 e. The molecule has 1 aromatic rings. The summed E-state index contributed by atoms with van der Waals surface area (Å²) in [5.41, 5.74) is 3.68. The largest absolute Gasteiger partial charge is 0.166 e. The summed E-state index contributed by atoms with van der Waals surface area (Å²) in [5, 5.41) is 0. The molecule has 0 aromatic heterocycles. The zero-order valence-corrected chi connectivity index (χ0v) is 8.28. The lowest BCUT2D eigenvalue weighted by atomic mass is 10.1. The Hall–Kier alpha value is -0.870. The number of hydrogen-bond acceptors (Lipinski definition) is 1. The van der Waals surface area contributed by atoms with Crippen LogP contribution in [0.2, 0.25) is 0 Å². The lowest BCUT2D eigenvalue weighted by Crippen LogP contribution is -1.82. The molecule has 0 nitrogen and oxygen atoms in total. The van der Waals surface area contributed by atoms with E-state index in [1.54, 1.807) is 0 Å². The Balaban J connectivity index is 2.97. The van der Waals surface area contributed by atoms with Crippen molar-refractivity contribution in [3.05, 3.63) is 34.9 Å². The predicted molar refractivity (Wildman–Crippen MR) is 56.6 cm³/mol. The first-order valence-corrected chi connectivity index (χ1v) is 4.54. The molecule has 0 radical (unpaired) electrons. The Morgan fingerprint density at radius 3 is 2.58 bits per heavy atom. The molecule has 0 spiro atoms. The molecule has 0 aliphatic heterocycles.